The molecule has 3 N–H and O–H groups in total. The van der Waals surface area contributed by atoms with Crippen molar-refractivity contribution in [2.75, 3.05) is 15.4 Å². The normalized spacial score (nSPS) is 11.0. The Bertz CT molecular complexity index is 1420. The van der Waals surface area contributed by atoms with E-state index in [1.54, 1.807) is 48.5 Å². The molecule has 34 heavy (non-hydrogen) atoms. The van der Waals surface area contributed by atoms with E-state index in [1.807, 2.05) is 0 Å². The molecule has 0 aliphatic rings. The first kappa shape index (κ1) is 23.1. The van der Waals surface area contributed by atoms with Crippen molar-refractivity contribution in [1.82, 2.24) is 0 Å². The Kier molecular flexibility index (Phi) is 6.67. The van der Waals surface area contributed by atoms with Gasteiger partial charge in [-0.05, 0) is 78.9 Å². The van der Waals surface area contributed by atoms with Gasteiger partial charge in [0.15, 0.2) is 5.76 Å². The van der Waals surface area contributed by atoms with Crippen LogP contribution in [0.25, 0.3) is 0 Å². The first-order valence-corrected chi connectivity index (χ1v) is 11.8. The fourth-order valence-electron chi connectivity index (χ4n) is 2.98. The highest BCUT2D eigenvalue weighted by Gasteiger charge is 2.16. The van der Waals surface area contributed by atoms with Gasteiger partial charge in [-0.25, -0.2) is 8.42 Å². The van der Waals surface area contributed by atoms with Gasteiger partial charge in [0.05, 0.1) is 11.2 Å². The summed E-state index contributed by atoms with van der Waals surface area (Å²) in [6, 6.07) is 21.5. The SMILES string of the molecule is O=C(Nc1cccc(S(=O)(=O)Nc2ccc(Cl)cc2)c1)c1ccc(NC(=O)c2ccco2)cc1. The number of rotatable bonds is 7. The maximum atomic E-state index is 12.7. The van der Waals surface area contributed by atoms with Gasteiger partial charge in [-0.2, -0.15) is 0 Å². The number of carbonyl (C=O) groups is 2. The fourth-order valence-corrected chi connectivity index (χ4v) is 4.21. The molecule has 4 rings (SSSR count). The number of hydrogen-bond acceptors (Lipinski definition) is 5. The number of amides is 2. The smallest absolute Gasteiger partial charge is 0.291 e. The first-order chi connectivity index (χ1) is 16.3. The first-order valence-electron chi connectivity index (χ1n) is 9.95. The molecule has 172 valence electrons. The molecule has 0 fully saturated rings. The highest BCUT2D eigenvalue weighted by Crippen LogP contribution is 2.21. The molecule has 0 bridgehead atoms. The summed E-state index contributed by atoms with van der Waals surface area (Å²) in [7, 11) is -3.88. The molecule has 3 aromatic carbocycles. The van der Waals surface area contributed by atoms with E-state index in [2.05, 4.69) is 15.4 Å². The van der Waals surface area contributed by atoms with Crippen molar-refractivity contribution in [2.24, 2.45) is 0 Å². The van der Waals surface area contributed by atoms with Crippen molar-refractivity contribution in [3.8, 4) is 0 Å². The summed E-state index contributed by atoms with van der Waals surface area (Å²) < 4.78 is 32.9. The lowest BCUT2D eigenvalue weighted by Crippen LogP contribution is -2.15. The van der Waals surface area contributed by atoms with Crippen molar-refractivity contribution >= 4 is 50.5 Å². The van der Waals surface area contributed by atoms with Crippen LogP contribution >= 0.6 is 11.6 Å². The van der Waals surface area contributed by atoms with Gasteiger partial charge in [-0.3, -0.25) is 14.3 Å². The average molecular weight is 496 g/mol. The lowest BCUT2D eigenvalue weighted by Gasteiger charge is -2.11. The van der Waals surface area contributed by atoms with E-state index in [1.165, 1.54) is 42.7 Å². The van der Waals surface area contributed by atoms with E-state index in [4.69, 9.17) is 16.0 Å². The van der Waals surface area contributed by atoms with E-state index in [0.717, 1.165) is 0 Å². The molecule has 0 radical (unpaired) electrons. The van der Waals surface area contributed by atoms with Gasteiger partial charge in [0.2, 0.25) is 0 Å². The zero-order chi connectivity index (χ0) is 24.1. The minimum atomic E-state index is -3.88. The molecular formula is C24H18ClN3O5S. The van der Waals surface area contributed by atoms with Crippen LogP contribution in [0.4, 0.5) is 17.1 Å². The zero-order valence-corrected chi connectivity index (χ0v) is 19.1. The third-order valence-electron chi connectivity index (χ3n) is 4.65. The van der Waals surface area contributed by atoms with Crippen LogP contribution in [0.15, 0.2) is 101 Å². The number of benzene rings is 3. The van der Waals surface area contributed by atoms with Crippen LogP contribution in [-0.4, -0.2) is 20.2 Å². The maximum absolute atomic E-state index is 12.7. The summed E-state index contributed by atoms with van der Waals surface area (Å²) in [5.74, 6) is -0.682. The molecule has 10 heteroatoms. The van der Waals surface area contributed by atoms with Gasteiger partial charge in [0, 0.05) is 27.6 Å². The van der Waals surface area contributed by atoms with Gasteiger partial charge < -0.3 is 15.1 Å². The van der Waals surface area contributed by atoms with Crippen molar-refractivity contribution in [3.63, 3.8) is 0 Å². The molecule has 0 atom stereocenters. The van der Waals surface area contributed by atoms with Crippen molar-refractivity contribution in [2.45, 2.75) is 4.90 Å². The molecule has 0 unspecified atom stereocenters. The molecule has 0 aliphatic carbocycles. The molecule has 8 nitrogen and oxygen atoms in total. The number of nitrogens with one attached hydrogen (secondary N) is 3. The molecule has 0 aliphatic heterocycles. The monoisotopic (exact) mass is 495 g/mol. The largest absolute Gasteiger partial charge is 0.459 e. The average Bonchev–Trinajstić information content (AvgIpc) is 3.36. The number of sulfonamides is 1. The molecular weight excluding hydrogens is 478 g/mol. The highest BCUT2D eigenvalue weighted by atomic mass is 35.5. The fraction of sp³-hybridized carbons (Fsp3) is 0. The van der Waals surface area contributed by atoms with Gasteiger partial charge >= 0.3 is 0 Å². The molecule has 2 amide bonds. The minimum absolute atomic E-state index is 0.0174. The van der Waals surface area contributed by atoms with Crippen LogP contribution < -0.4 is 15.4 Å². The third kappa shape index (κ3) is 5.64. The summed E-state index contributed by atoms with van der Waals surface area (Å²) >= 11 is 5.83. The predicted octanol–water partition coefficient (Wildman–Crippen LogP) is 5.24. The minimum Gasteiger partial charge on any atom is -0.459 e. The van der Waals surface area contributed by atoms with Crippen LogP contribution in [0.1, 0.15) is 20.9 Å². The summed E-state index contributed by atoms with van der Waals surface area (Å²) in [5, 5.41) is 5.82. The quantitative estimate of drug-likeness (QED) is 0.324. The third-order valence-corrected chi connectivity index (χ3v) is 6.28. The Hall–Kier alpha value is -4.08. The maximum Gasteiger partial charge on any atom is 0.291 e. The summed E-state index contributed by atoms with van der Waals surface area (Å²) in [6.07, 6.45) is 1.40. The van der Waals surface area contributed by atoms with Gasteiger partial charge in [0.25, 0.3) is 21.8 Å². The molecule has 0 spiro atoms. The Labute approximate surface area is 200 Å². The van der Waals surface area contributed by atoms with Crippen LogP contribution in [0, 0.1) is 0 Å². The lowest BCUT2D eigenvalue weighted by molar-refractivity contribution is 0.0995. The Morgan fingerprint density at radius 3 is 2.09 bits per heavy atom. The summed E-state index contributed by atoms with van der Waals surface area (Å²) in [4.78, 5) is 24.6. The van der Waals surface area contributed by atoms with Crippen LogP contribution in [0.2, 0.25) is 5.02 Å². The summed E-state index contributed by atoms with van der Waals surface area (Å²) in [6.45, 7) is 0. The Balaban J connectivity index is 1.42. The van der Waals surface area contributed by atoms with E-state index >= 15 is 0 Å². The number of halogens is 1. The van der Waals surface area contributed by atoms with Crippen molar-refractivity contribution in [1.29, 1.82) is 0 Å². The van der Waals surface area contributed by atoms with Crippen molar-refractivity contribution in [3.05, 3.63) is 108 Å². The zero-order valence-electron chi connectivity index (χ0n) is 17.5. The number of hydrogen-bond donors (Lipinski definition) is 3. The van der Waals surface area contributed by atoms with Gasteiger partial charge in [0.1, 0.15) is 0 Å². The number of anilines is 3. The molecule has 1 heterocycles. The van der Waals surface area contributed by atoms with Crippen LogP contribution in [0.3, 0.4) is 0 Å². The van der Waals surface area contributed by atoms with E-state index in [9.17, 15) is 18.0 Å². The topological polar surface area (TPSA) is 118 Å². The molecule has 4 aromatic rings. The van der Waals surface area contributed by atoms with Gasteiger partial charge in [-0.1, -0.05) is 17.7 Å². The standard InChI is InChI=1S/C24H18ClN3O5S/c25-17-8-12-19(13-9-17)28-34(31,32)21-4-1-3-20(15-21)27-23(29)16-6-10-18(11-7-16)26-24(30)22-5-2-14-33-22/h1-15,28H,(H,26,30)(H,27,29). The Morgan fingerprint density at radius 2 is 1.41 bits per heavy atom. The molecule has 1 aromatic heterocycles. The Morgan fingerprint density at radius 1 is 0.735 bits per heavy atom. The number of carbonyl (C=O) groups excluding carboxylic acids is 2. The second-order valence-corrected chi connectivity index (χ2v) is 9.22. The summed E-state index contributed by atoms with van der Waals surface area (Å²) in [5.41, 5.74) is 1.47. The predicted molar refractivity (Wildman–Crippen MR) is 130 cm³/mol. The van der Waals surface area contributed by atoms with E-state index in [-0.39, 0.29) is 10.7 Å². The van der Waals surface area contributed by atoms with Crippen LogP contribution in [-0.2, 0) is 10.0 Å². The molecule has 0 saturated carbocycles. The van der Waals surface area contributed by atoms with Crippen molar-refractivity contribution < 1.29 is 22.4 Å². The number of furan rings is 1. The van der Waals surface area contributed by atoms with Gasteiger partial charge in [-0.15, -0.1) is 0 Å². The van der Waals surface area contributed by atoms with E-state index < -0.39 is 21.8 Å². The lowest BCUT2D eigenvalue weighted by atomic mass is 10.2. The second kappa shape index (κ2) is 9.82. The second-order valence-electron chi connectivity index (χ2n) is 7.10. The van der Waals surface area contributed by atoms with E-state index in [0.29, 0.717) is 27.6 Å². The van der Waals surface area contributed by atoms with Crippen LogP contribution in [0.5, 0.6) is 0 Å². The molecule has 0 saturated heterocycles. The highest BCUT2D eigenvalue weighted by molar-refractivity contribution is 7.92.